The van der Waals surface area contributed by atoms with E-state index in [-0.39, 0.29) is 6.61 Å². The zero-order valence-corrected chi connectivity index (χ0v) is 11.4. The third-order valence-corrected chi connectivity index (χ3v) is 2.30. The van der Waals surface area contributed by atoms with E-state index in [9.17, 15) is 0 Å². The van der Waals surface area contributed by atoms with Crippen LogP contribution < -0.4 is 0 Å². The van der Waals surface area contributed by atoms with Crippen LogP contribution in [-0.4, -0.2) is 51.5 Å². The van der Waals surface area contributed by atoms with Gasteiger partial charge in [-0.05, 0) is 0 Å². The van der Waals surface area contributed by atoms with Crippen LogP contribution in [-0.2, 0) is 19.1 Å². The van der Waals surface area contributed by atoms with Gasteiger partial charge < -0.3 is 14.2 Å². The van der Waals surface area contributed by atoms with Gasteiger partial charge in [0.25, 0.3) is 0 Å². The van der Waals surface area contributed by atoms with E-state index in [0.717, 1.165) is 0 Å². The fourth-order valence-corrected chi connectivity index (χ4v) is 1.46. The molecule has 0 radical (unpaired) electrons. The van der Waals surface area contributed by atoms with Crippen LogP contribution in [0.2, 0.25) is 0 Å². The zero-order valence-electron chi connectivity index (χ0n) is 11.4. The smallest absolute Gasteiger partial charge is 0.0942 e. The molecule has 0 heterocycles. The fourth-order valence-electron chi connectivity index (χ4n) is 1.46. The summed E-state index contributed by atoms with van der Waals surface area (Å²) < 4.78 is 16.3. The Morgan fingerprint density at radius 2 is 1.11 bits per heavy atom. The Hall–Kier alpha value is -0.980. The van der Waals surface area contributed by atoms with Crippen molar-refractivity contribution in [3.05, 3.63) is 38.0 Å². The van der Waals surface area contributed by atoms with Crippen molar-refractivity contribution in [3.8, 4) is 0 Å². The second-order valence-electron chi connectivity index (χ2n) is 4.18. The van der Waals surface area contributed by atoms with Crippen LogP contribution in [0.4, 0.5) is 0 Å². The van der Waals surface area contributed by atoms with Crippen LogP contribution in [0.25, 0.3) is 0 Å². The molecule has 110 valence electrons. The second-order valence-corrected chi connectivity index (χ2v) is 4.18. The van der Waals surface area contributed by atoms with Gasteiger partial charge in [-0.15, -0.1) is 19.7 Å². The van der Waals surface area contributed by atoms with E-state index in [1.807, 2.05) is 0 Å². The summed E-state index contributed by atoms with van der Waals surface area (Å²) in [5.74, 6) is 0. The van der Waals surface area contributed by atoms with Gasteiger partial charge >= 0.3 is 0 Å². The molecule has 0 atom stereocenters. The predicted octanol–water partition coefficient (Wildman–Crippen LogP) is 2.07. The summed E-state index contributed by atoms with van der Waals surface area (Å²) in [6.45, 7) is 13.0. The quantitative estimate of drug-likeness (QED) is 0.227. The highest BCUT2D eigenvalue weighted by Crippen LogP contribution is 2.20. The molecule has 0 saturated heterocycles. The Kier molecular flexibility index (Phi) is 11.5. The van der Waals surface area contributed by atoms with Gasteiger partial charge in [0.15, 0.2) is 0 Å². The first kappa shape index (κ1) is 18.0. The van der Waals surface area contributed by atoms with Gasteiger partial charge in [0.2, 0.25) is 0 Å². The molecule has 0 aliphatic rings. The molecule has 0 saturated carbocycles. The summed E-state index contributed by atoms with van der Waals surface area (Å²) in [4.78, 5) is 4.28. The lowest BCUT2D eigenvalue weighted by molar-refractivity contribution is -0.275. The number of hydrogen-bond acceptors (Lipinski definition) is 5. The maximum atomic E-state index is 8.74. The summed E-state index contributed by atoms with van der Waals surface area (Å²) in [7, 11) is 0. The molecule has 0 fully saturated rings. The summed E-state index contributed by atoms with van der Waals surface area (Å²) in [5.41, 5.74) is -0.580. The number of ether oxygens (including phenoxy) is 3. The first-order valence-electron chi connectivity index (χ1n) is 6.07. The first-order valence-corrected chi connectivity index (χ1v) is 6.07. The molecule has 0 unspecified atom stereocenters. The Morgan fingerprint density at radius 3 is 1.37 bits per heavy atom. The minimum atomic E-state index is -0.580. The predicted molar refractivity (Wildman–Crippen MR) is 74.1 cm³/mol. The number of hydrogen-bond donors (Lipinski definition) is 1. The largest absolute Gasteiger partial charge is 0.377 e. The van der Waals surface area contributed by atoms with Crippen LogP contribution in [0.3, 0.4) is 0 Å². The second kappa shape index (κ2) is 12.1. The molecule has 0 bridgehead atoms. The van der Waals surface area contributed by atoms with E-state index in [4.69, 9.17) is 19.5 Å². The van der Waals surface area contributed by atoms with Crippen LogP contribution in [0.5, 0.6) is 0 Å². The van der Waals surface area contributed by atoms with E-state index in [1.165, 1.54) is 0 Å². The molecule has 0 spiro atoms. The molecule has 5 heteroatoms. The summed E-state index contributed by atoms with van der Waals surface area (Å²) in [6.07, 6.45) is 4.96. The molecule has 0 aliphatic heterocycles. The summed E-state index contributed by atoms with van der Waals surface area (Å²) in [5, 5.41) is 8.74. The summed E-state index contributed by atoms with van der Waals surface area (Å²) in [6, 6.07) is 0. The van der Waals surface area contributed by atoms with Gasteiger partial charge in [-0.25, -0.2) is 4.89 Å². The Labute approximate surface area is 115 Å². The molecule has 0 rings (SSSR count). The molecule has 1 N–H and O–H groups in total. The lowest BCUT2D eigenvalue weighted by Crippen LogP contribution is -2.41. The minimum Gasteiger partial charge on any atom is -0.377 e. The standard InChI is InChI=1S/C14H24O5/c1-4-7-16-10-14(13-19-15,11-17-8-5-2)12-18-9-6-3/h4-6,15H,1-3,7-13H2. The molecular formula is C14H24O5. The molecule has 0 aliphatic carbocycles. The third-order valence-electron chi connectivity index (χ3n) is 2.30. The molecule has 19 heavy (non-hydrogen) atoms. The van der Waals surface area contributed by atoms with Gasteiger partial charge in [0, 0.05) is 0 Å². The van der Waals surface area contributed by atoms with Crippen molar-refractivity contribution >= 4 is 0 Å². The molecule has 0 aromatic rings. The van der Waals surface area contributed by atoms with Gasteiger partial charge in [-0.1, -0.05) is 18.2 Å². The van der Waals surface area contributed by atoms with Gasteiger partial charge in [-0.2, -0.15) is 0 Å². The molecule has 5 nitrogen and oxygen atoms in total. The van der Waals surface area contributed by atoms with Gasteiger partial charge in [0.05, 0.1) is 51.7 Å². The minimum absolute atomic E-state index is 0.0540. The van der Waals surface area contributed by atoms with E-state index >= 15 is 0 Å². The SMILES string of the molecule is C=CCOCC(COO)(COCC=C)COCC=C. The average Bonchev–Trinajstić information content (AvgIpc) is 2.40. The lowest BCUT2D eigenvalue weighted by atomic mass is 9.92. The van der Waals surface area contributed by atoms with Crippen LogP contribution >= 0.6 is 0 Å². The highest BCUT2D eigenvalue weighted by Gasteiger charge is 2.32. The fraction of sp³-hybridized carbons (Fsp3) is 0.571. The van der Waals surface area contributed by atoms with Crippen molar-refractivity contribution in [3.63, 3.8) is 0 Å². The van der Waals surface area contributed by atoms with Crippen LogP contribution in [0, 0.1) is 5.41 Å². The first-order chi connectivity index (χ1) is 9.24. The summed E-state index contributed by atoms with van der Waals surface area (Å²) >= 11 is 0. The van der Waals surface area contributed by atoms with Crippen LogP contribution in [0.1, 0.15) is 0 Å². The third kappa shape index (κ3) is 8.69. The zero-order chi connectivity index (χ0) is 14.4. The van der Waals surface area contributed by atoms with E-state index in [2.05, 4.69) is 24.6 Å². The lowest BCUT2D eigenvalue weighted by Gasteiger charge is -2.31. The molecule has 0 aromatic carbocycles. The van der Waals surface area contributed by atoms with Gasteiger partial charge in [0.1, 0.15) is 0 Å². The monoisotopic (exact) mass is 272 g/mol. The Bertz CT molecular complexity index is 216. The van der Waals surface area contributed by atoms with E-state index < -0.39 is 5.41 Å². The molecular weight excluding hydrogens is 248 g/mol. The van der Waals surface area contributed by atoms with Crippen molar-refractivity contribution in [2.45, 2.75) is 0 Å². The van der Waals surface area contributed by atoms with E-state index in [1.54, 1.807) is 18.2 Å². The van der Waals surface area contributed by atoms with Crippen molar-refractivity contribution in [1.82, 2.24) is 0 Å². The van der Waals surface area contributed by atoms with Crippen molar-refractivity contribution in [2.24, 2.45) is 5.41 Å². The highest BCUT2D eigenvalue weighted by molar-refractivity contribution is 4.81. The van der Waals surface area contributed by atoms with Crippen molar-refractivity contribution in [2.75, 3.05) is 46.2 Å². The average molecular weight is 272 g/mol. The molecule has 0 aromatic heterocycles. The maximum absolute atomic E-state index is 8.74. The normalized spacial score (nSPS) is 11.2. The topological polar surface area (TPSA) is 57.2 Å². The highest BCUT2D eigenvalue weighted by atomic mass is 17.1. The van der Waals surface area contributed by atoms with Crippen molar-refractivity contribution in [1.29, 1.82) is 0 Å². The molecule has 0 amide bonds. The number of rotatable bonds is 14. The van der Waals surface area contributed by atoms with Gasteiger partial charge in [-0.3, -0.25) is 5.26 Å². The Morgan fingerprint density at radius 1 is 0.737 bits per heavy atom. The maximum Gasteiger partial charge on any atom is 0.0942 e. The van der Waals surface area contributed by atoms with Crippen LogP contribution in [0.15, 0.2) is 38.0 Å². The van der Waals surface area contributed by atoms with Crippen molar-refractivity contribution < 1.29 is 24.4 Å². The van der Waals surface area contributed by atoms with E-state index in [0.29, 0.717) is 39.6 Å². The Balaban J connectivity index is 4.49.